The second-order valence-electron chi connectivity index (χ2n) is 7.31. The van der Waals surface area contributed by atoms with Crippen LogP contribution in [0, 0.1) is 5.82 Å². The molecule has 0 unspecified atom stereocenters. The molecule has 0 spiro atoms. The van der Waals surface area contributed by atoms with Gasteiger partial charge in [-0.1, -0.05) is 0 Å². The summed E-state index contributed by atoms with van der Waals surface area (Å²) in [5.74, 6) is 0.428. The molecule has 0 fully saturated rings. The topological polar surface area (TPSA) is 72.5 Å². The number of aromatic nitrogens is 1. The molecule has 166 valence electrons. The number of aliphatic imine (C=N–C) groups is 1. The molecule has 3 N–H and O–H groups in total. The molecule has 2 aromatic heterocycles. The van der Waals surface area contributed by atoms with Gasteiger partial charge in [0.25, 0.3) is 0 Å². The molecular formula is C22H27FIN5OS. The summed E-state index contributed by atoms with van der Waals surface area (Å²) < 4.78 is 13.3. The van der Waals surface area contributed by atoms with E-state index < -0.39 is 0 Å². The number of aromatic amines is 1. The smallest absolute Gasteiger partial charge is 0.244 e. The van der Waals surface area contributed by atoms with Gasteiger partial charge >= 0.3 is 0 Å². The fraction of sp³-hybridized carbons (Fsp3) is 0.364. The monoisotopic (exact) mass is 555 g/mol. The molecule has 3 heterocycles. The van der Waals surface area contributed by atoms with E-state index in [0.29, 0.717) is 25.6 Å². The minimum atomic E-state index is -0.246. The third-order valence-corrected chi connectivity index (χ3v) is 6.32. The molecule has 1 aliphatic rings. The lowest BCUT2D eigenvalue weighted by molar-refractivity contribution is -0.130. The average molecular weight is 555 g/mol. The summed E-state index contributed by atoms with van der Waals surface area (Å²) in [4.78, 5) is 23.5. The summed E-state index contributed by atoms with van der Waals surface area (Å²) in [5, 5.41) is 9.59. The average Bonchev–Trinajstić information content (AvgIpc) is 3.37. The molecule has 0 saturated heterocycles. The van der Waals surface area contributed by atoms with Crippen molar-refractivity contribution in [3.05, 3.63) is 57.7 Å². The highest BCUT2D eigenvalue weighted by molar-refractivity contribution is 14.0. The first-order valence-electron chi connectivity index (χ1n) is 10.2. The molecule has 0 aliphatic carbocycles. The van der Waals surface area contributed by atoms with E-state index in [1.165, 1.54) is 22.6 Å². The maximum absolute atomic E-state index is 13.3. The summed E-state index contributed by atoms with van der Waals surface area (Å²) in [6.07, 6.45) is 3.60. The Labute approximate surface area is 202 Å². The zero-order valence-corrected chi connectivity index (χ0v) is 20.6. The van der Waals surface area contributed by atoms with Crippen LogP contribution in [0.15, 0.2) is 40.8 Å². The van der Waals surface area contributed by atoms with Crippen LogP contribution in [0.2, 0.25) is 0 Å². The number of nitrogens with one attached hydrogen (secondary N) is 3. The maximum Gasteiger partial charge on any atom is 0.244 e. The van der Waals surface area contributed by atoms with Crippen LogP contribution in [0.4, 0.5) is 4.39 Å². The largest absolute Gasteiger partial charge is 0.361 e. The van der Waals surface area contributed by atoms with Crippen molar-refractivity contribution < 1.29 is 9.18 Å². The minimum absolute atomic E-state index is 0. The van der Waals surface area contributed by atoms with E-state index in [-0.39, 0.29) is 42.2 Å². The van der Waals surface area contributed by atoms with E-state index in [0.717, 1.165) is 35.9 Å². The number of carbonyl (C=O) groups excluding carboxylic acids is 1. The van der Waals surface area contributed by atoms with Gasteiger partial charge in [-0.25, -0.2) is 9.38 Å². The Morgan fingerprint density at radius 1 is 1.32 bits per heavy atom. The lowest BCUT2D eigenvalue weighted by Gasteiger charge is -2.26. The van der Waals surface area contributed by atoms with E-state index in [2.05, 4.69) is 32.1 Å². The van der Waals surface area contributed by atoms with E-state index in [9.17, 15) is 9.18 Å². The van der Waals surface area contributed by atoms with Crippen molar-refractivity contribution in [1.82, 2.24) is 20.5 Å². The van der Waals surface area contributed by atoms with Crippen molar-refractivity contribution in [3.8, 4) is 0 Å². The van der Waals surface area contributed by atoms with Gasteiger partial charge in [0.1, 0.15) is 12.4 Å². The molecule has 1 aromatic carbocycles. The van der Waals surface area contributed by atoms with Gasteiger partial charge in [0.2, 0.25) is 5.91 Å². The van der Waals surface area contributed by atoms with Crippen LogP contribution in [0.25, 0.3) is 10.9 Å². The second kappa shape index (κ2) is 10.9. The van der Waals surface area contributed by atoms with Crippen LogP contribution in [0.1, 0.15) is 22.9 Å². The highest BCUT2D eigenvalue weighted by atomic mass is 127. The van der Waals surface area contributed by atoms with Gasteiger partial charge in [-0.15, -0.1) is 35.3 Å². The molecule has 31 heavy (non-hydrogen) atoms. The van der Waals surface area contributed by atoms with Gasteiger partial charge in [0, 0.05) is 48.2 Å². The zero-order chi connectivity index (χ0) is 20.9. The quantitative estimate of drug-likeness (QED) is 0.247. The number of carbonyl (C=O) groups is 1. The summed E-state index contributed by atoms with van der Waals surface area (Å²) >= 11 is 1.77. The summed E-state index contributed by atoms with van der Waals surface area (Å²) in [7, 11) is 0. The first-order chi connectivity index (χ1) is 14.6. The Kier molecular flexibility index (Phi) is 8.30. The number of amides is 1. The number of hydrogen-bond donors (Lipinski definition) is 3. The second-order valence-corrected chi connectivity index (χ2v) is 8.31. The Hall–Kier alpha value is -2.14. The molecule has 9 heteroatoms. The number of fused-ring (bicyclic) bond motifs is 2. The van der Waals surface area contributed by atoms with Gasteiger partial charge in [0.05, 0.1) is 0 Å². The Balaban J connectivity index is 0.00000272. The minimum Gasteiger partial charge on any atom is -0.361 e. The number of guanidine groups is 1. The molecule has 1 amide bonds. The van der Waals surface area contributed by atoms with Crippen LogP contribution < -0.4 is 10.6 Å². The fourth-order valence-electron chi connectivity index (χ4n) is 3.73. The predicted molar refractivity (Wildman–Crippen MR) is 135 cm³/mol. The highest BCUT2D eigenvalue weighted by Crippen LogP contribution is 2.24. The number of nitrogens with zero attached hydrogens (tertiary/aromatic N) is 2. The molecule has 0 saturated carbocycles. The standard InChI is InChI=1S/C22H26FN5OS.HI/c1-2-24-22(25-8-5-15-12-26-19-11-17(23)3-4-18(15)19)27-13-21(29)28-9-6-20-16(14-28)7-10-30-20;/h3-4,7,10-12,26H,2,5-6,8-9,13-14H2,1H3,(H2,24,25,27);1H. The van der Waals surface area contributed by atoms with E-state index in [4.69, 9.17) is 0 Å². The molecule has 0 bridgehead atoms. The Bertz CT molecular complexity index is 1060. The molecule has 1 aliphatic heterocycles. The van der Waals surface area contributed by atoms with E-state index in [1.807, 2.05) is 18.0 Å². The van der Waals surface area contributed by atoms with Crippen molar-refractivity contribution in [1.29, 1.82) is 0 Å². The summed E-state index contributed by atoms with van der Waals surface area (Å²) in [6, 6.07) is 6.88. The Morgan fingerprint density at radius 3 is 3.03 bits per heavy atom. The Morgan fingerprint density at radius 2 is 2.19 bits per heavy atom. The van der Waals surface area contributed by atoms with Gasteiger partial charge < -0.3 is 20.5 Å². The molecule has 0 radical (unpaired) electrons. The van der Waals surface area contributed by atoms with Crippen LogP contribution in [-0.4, -0.2) is 47.9 Å². The molecule has 6 nitrogen and oxygen atoms in total. The molecule has 4 rings (SSSR count). The lowest BCUT2D eigenvalue weighted by Crippen LogP contribution is -2.40. The highest BCUT2D eigenvalue weighted by Gasteiger charge is 2.21. The lowest BCUT2D eigenvalue weighted by atomic mass is 10.1. The van der Waals surface area contributed by atoms with E-state index in [1.54, 1.807) is 17.4 Å². The molecule has 0 atom stereocenters. The van der Waals surface area contributed by atoms with E-state index >= 15 is 0 Å². The summed E-state index contributed by atoms with van der Waals surface area (Å²) in [6.45, 7) is 4.93. The number of H-pyrrole nitrogens is 1. The SMILES string of the molecule is CCNC(=NCC(=O)N1CCc2sccc2C1)NCCc1c[nH]c2cc(F)ccc12.I. The number of benzene rings is 1. The third-order valence-electron chi connectivity index (χ3n) is 5.29. The third kappa shape index (κ3) is 5.76. The van der Waals surface area contributed by atoms with Gasteiger partial charge in [-0.2, -0.15) is 0 Å². The normalized spacial score (nSPS) is 13.6. The van der Waals surface area contributed by atoms with Crippen LogP contribution in [-0.2, 0) is 24.2 Å². The van der Waals surface area contributed by atoms with Crippen LogP contribution >= 0.6 is 35.3 Å². The predicted octanol–water partition coefficient (Wildman–Crippen LogP) is 3.67. The van der Waals surface area contributed by atoms with Crippen molar-refractivity contribution in [3.63, 3.8) is 0 Å². The first kappa shape index (κ1) is 23.5. The number of halogens is 2. The van der Waals surface area contributed by atoms with Crippen LogP contribution in [0.3, 0.4) is 0 Å². The summed E-state index contributed by atoms with van der Waals surface area (Å²) in [5.41, 5.74) is 3.17. The van der Waals surface area contributed by atoms with Gasteiger partial charge in [-0.05, 0) is 60.5 Å². The van der Waals surface area contributed by atoms with Crippen LogP contribution in [0.5, 0.6) is 0 Å². The fourth-order valence-corrected chi connectivity index (χ4v) is 4.62. The number of rotatable bonds is 6. The molecule has 3 aromatic rings. The zero-order valence-electron chi connectivity index (χ0n) is 17.4. The number of hydrogen-bond acceptors (Lipinski definition) is 3. The van der Waals surface area contributed by atoms with Crippen molar-refractivity contribution in [2.45, 2.75) is 26.3 Å². The van der Waals surface area contributed by atoms with Crippen molar-refractivity contribution >= 4 is 58.1 Å². The van der Waals surface area contributed by atoms with Crippen molar-refractivity contribution in [2.75, 3.05) is 26.2 Å². The van der Waals surface area contributed by atoms with Gasteiger partial charge in [-0.3, -0.25) is 4.79 Å². The first-order valence-corrected chi connectivity index (χ1v) is 11.1. The number of thiophene rings is 1. The van der Waals surface area contributed by atoms with Gasteiger partial charge in [0.15, 0.2) is 5.96 Å². The maximum atomic E-state index is 13.3. The molecular weight excluding hydrogens is 528 g/mol. The van der Waals surface area contributed by atoms with Crippen molar-refractivity contribution in [2.24, 2.45) is 4.99 Å².